The molecule has 0 spiro atoms. The van der Waals surface area contributed by atoms with Gasteiger partial charge in [-0.25, -0.2) is 5.43 Å². The average molecular weight is 358 g/mol. The van der Waals surface area contributed by atoms with Gasteiger partial charge in [-0.05, 0) is 67.1 Å². The maximum atomic E-state index is 12.2. The van der Waals surface area contributed by atoms with Crippen LogP contribution < -0.4 is 5.43 Å². The van der Waals surface area contributed by atoms with Crippen LogP contribution in [-0.2, 0) is 17.8 Å². The normalized spacial score (nSPS) is 12.6. The molecule has 0 saturated carbocycles. The van der Waals surface area contributed by atoms with Gasteiger partial charge in [-0.2, -0.15) is 10.2 Å². The molecule has 0 saturated heterocycles. The van der Waals surface area contributed by atoms with Crippen molar-refractivity contribution in [3.63, 3.8) is 0 Å². The Kier molecular flexibility index (Phi) is 4.36. The van der Waals surface area contributed by atoms with Crippen LogP contribution in [0.15, 0.2) is 53.6 Å². The molecule has 5 nitrogen and oxygen atoms in total. The van der Waals surface area contributed by atoms with Gasteiger partial charge in [0.05, 0.1) is 11.4 Å². The van der Waals surface area contributed by atoms with E-state index < -0.39 is 0 Å². The van der Waals surface area contributed by atoms with Gasteiger partial charge in [0.15, 0.2) is 0 Å². The van der Waals surface area contributed by atoms with Crippen molar-refractivity contribution in [1.29, 1.82) is 0 Å². The van der Waals surface area contributed by atoms with E-state index in [0.717, 1.165) is 29.1 Å². The molecule has 0 fully saturated rings. The summed E-state index contributed by atoms with van der Waals surface area (Å²) in [6, 6.07) is 16.8. The Balaban J connectivity index is 1.47. The fourth-order valence-corrected chi connectivity index (χ4v) is 3.59. The minimum absolute atomic E-state index is 0.163. The fourth-order valence-electron chi connectivity index (χ4n) is 3.59. The van der Waals surface area contributed by atoms with E-state index in [9.17, 15) is 4.79 Å². The minimum Gasteiger partial charge on any atom is -0.271 e. The van der Waals surface area contributed by atoms with Gasteiger partial charge >= 0.3 is 0 Å². The van der Waals surface area contributed by atoms with Gasteiger partial charge in [-0.1, -0.05) is 36.4 Å². The van der Waals surface area contributed by atoms with E-state index in [1.54, 1.807) is 4.68 Å². The predicted molar refractivity (Wildman–Crippen MR) is 107 cm³/mol. The fraction of sp³-hybridized carbons (Fsp3) is 0.227. The number of aryl methyl sites for hydroxylation is 2. The van der Waals surface area contributed by atoms with Crippen LogP contribution >= 0.6 is 0 Å². The van der Waals surface area contributed by atoms with Gasteiger partial charge in [0.1, 0.15) is 6.54 Å². The third kappa shape index (κ3) is 3.40. The Morgan fingerprint density at radius 3 is 2.67 bits per heavy atom. The number of aromatic nitrogens is 2. The van der Waals surface area contributed by atoms with Gasteiger partial charge in [0.2, 0.25) is 0 Å². The first kappa shape index (κ1) is 17.2. The highest BCUT2D eigenvalue weighted by molar-refractivity contribution is 6.00. The first-order valence-electron chi connectivity index (χ1n) is 9.07. The summed E-state index contributed by atoms with van der Waals surface area (Å²) in [5, 5.41) is 8.58. The van der Waals surface area contributed by atoms with Gasteiger partial charge in [-0.15, -0.1) is 0 Å². The predicted octanol–water partition coefficient (Wildman–Crippen LogP) is 3.61. The van der Waals surface area contributed by atoms with Crippen molar-refractivity contribution in [3.05, 3.63) is 76.6 Å². The number of rotatable bonds is 4. The number of amides is 1. The molecule has 0 unspecified atom stereocenters. The van der Waals surface area contributed by atoms with Crippen LogP contribution in [-0.4, -0.2) is 21.4 Å². The zero-order valence-electron chi connectivity index (χ0n) is 15.8. The third-order valence-corrected chi connectivity index (χ3v) is 4.96. The monoisotopic (exact) mass is 358 g/mol. The van der Waals surface area contributed by atoms with Gasteiger partial charge < -0.3 is 0 Å². The Bertz CT molecular complexity index is 1060. The lowest BCUT2D eigenvalue weighted by Gasteiger charge is -2.07. The molecule has 136 valence electrons. The van der Waals surface area contributed by atoms with E-state index in [4.69, 9.17) is 0 Å². The highest BCUT2D eigenvalue weighted by Gasteiger charge is 2.18. The smallest absolute Gasteiger partial charge is 0.261 e. The molecule has 2 aromatic carbocycles. The van der Waals surface area contributed by atoms with E-state index >= 15 is 0 Å². The van der Waals surface area contributed by atoms with Crippen molar-refractivity contribution in [1.82, 2.24) is 15.2 Å². The van der Waals surface area contributed by atoms with Crippen LogP contribution in [0.4, 0.5) is 0 Å². The molecular weight excluding hydrogens is 336 g/mol. The van der Waals surface area contributed by atoms with Crippen LogP contribution in [0.25, 0.3) is 11.1 Å². The summed E-state index contributed by atoms with van der Waals surface area (Å²) in [4.78, 5) is 12.2. The lowest BCUT2D eigenvalue weighted by Crippen LogP contribution is -2.25. The molecule has 4 rings (SSSR count). The van der Waals surface area contributed by atoms with E-state index in [0.29, 0.717) is 0 Å². The Hall–Kier alpha value is -3.21. The van der Waals surface area contributed by atoms with Crippen molar-refractivity contribution in [3.8, 4) is 11.1 Å². The number of hydrogen-bond acceptors (Lipinski definition) is 3. The molecule has 27 heavy (non-hydrogen) atoms. The maximum Gasteiger partial charge on any atom is 0.261 e. The standard InChI is InChI=1S/C22H22N4O/c1-14-10-15(2)26(25-14)13-22(27)24-23-16(3)17-8-9-21-19(11-17)12-18-6-4-5-7-20(18)21/h4-11H,12-13H2,1-3H3,(H,24,27)/b23-16+. The number of fused-ring (bicyclic) bond motifs is 3. The zero-order valence-corrected chi connectivity index (χ0v) is 15.8. The molecule has 0 aliphatic heterocycles. The molecule has 3 aromatic rings. The van der Waals surface area contributed by atoms with Crippen molar-refractivity contribution in [2.75, 3.05) is 0 Å². The number of benzene rings is 2. The Labute approximate surface area is 158 Å². The molecule has 1 aromatic heterocycles. The second-order valence-electron chi connectivity index (χ2n) is 7.02. The number of hydrogen-bond donors (Lipinski definition) is 1. The largest absolute Gasteiger partial charge is 0.271 e. The number of nitrogens with zero attached hydrogens (tertiary/aromatic N) is 3. The minimum atomic E-state index is -0.186. The molecule has 1 amide bonds. The van der Waals surface area contributed by atoms with Crippen LogP contribution in [0.2, 0.25) is 0 Å². The molecule has 1 aliphatic carbocycles. The molecule has 1 heterocycles. The van der Waals surface area contributed by atoms with E-state index in [1.165, 1.54) is 22.3 Å². The van der Waals surface area contributed by atoms with Crippen LogP contribution in [0.5, 0.6) is 0 Å². The molecule has 1 aliphatic rings. The van der Waals surface area contributed by atoms with E-state index in [1.807, 2.05) is 26.8 Å². The highest BCUT2D eigenvalue weighted by Crippen LogP contribution is 2.36. The number of nitrogens with one attached hydrogen (secondary N) is 1. The van der Waals surface area contributed by atoms with Gasteiger partial charge in [0.25, 0.3) is 5.91 Å². The zero-order chi connectivity index (χ0) is 19.0. The van der Waals surface area contributed by atoms with Crippen molar-refractivity contribution < 1.29 is 4.79 Å². The summed E-state index contributed by atoms with van der Waals surface area (Å²) >= 11 is 0. The summed E-state index contributed by atoms with van der Waals surface area (Å²) in [6.45, 7) is 5.92. The molecule has 1 N–H and O–H groups in total. The van der Waals surface area contributed by atoms with Gasteiger partial charge in [-0.3, -0.25) is 9.48 Å². The Morgan fingerprint density at radius 2 is 1.89 bits per heavy atom. The molecule has 0 atom stereocenters. The van der Waals surface area contributed by atoms with E-state index in [2.05, 4.69) is 58.1 Å². The first-order chi connectivity index (χ1) is 13.0. The number of hydrazone groups is 1. The van der Waals surface area contributed by atoms with Crippen LogP contribution in [0.3, 0.4) is 0 Å². The lowest BCUT2D eigenvalue weighted by atomic mass is 10.0. The third-order valence-electron chi connectivity index (χ3n) is 4.96. The molecular formula is C22H22N4O. The first-order valence-corrected chi connectivity index (χ1v) is 9.07. The van der Waals surface area contributed by atoms with Crippen LogP contribution in [0, 0.1) is 13.8 Å². The molecule has 0 bridgehead atoms. The summed E-state index contributed by atoms with van der Waals surface area (Å²) in [5.74, 6) is -0.186. The second-order valence-corrected chi connectivity index (χ2v) is 7.02. The second kappa shape index (κ2) is 6.83. The van der Waals surface area contributed by atoms with Crippen molar-refractivity contribution in [2.45, 2.75) is 33.7 Å². The molecule has 5 heteroatoms. The number of carbonyl (C=O) groups excluding carboxylic acids is 1. The summed E-state index contributed by atoms with van der Waals surface area (Å²) in [7, 11) is 0. The number of carbonyl (C=O) groups is 1. The maximum absolute atomic E-state index is 12.2. The summed E-state index contributed by atoms with van der Waals surface area (Å²) in [5.41, 5.74) is 11.6. The summed E-state index contributed by atoms with van der Waals surface area (Å²) in [6.07, 6.45) is 0.941. The lowest BCUT2D eigenvalue weighted by molar-refractivity contribution is -0.121. The topological polar surface area (TPSA) is 59.3 Å². The van der Waals surface area contributed by atoms with Crippen molar-refractivity contribution in [2.24, 2.45) is 5.10 Å². The van der Waals surface area contributed by atoms with Crippen LogP contribution in [0.1, 0.15) is 35.0 Å². The highest BCUT2D eigenvalue weighted by atomic mass is 16.2. The Morgan fingerprint density at radius 1 is 1.11 bits per heavy atom. The SMILES string of the molecule is C/C(=N\NC(=O)Cn1nc(C)cc1C)c1ccc2c(c1)Cc1ccccc1-2. The van der Waals surface area contributed by atoms with Crippen molar-refractivity contribution >= 4 is 11.6 Å². The van der Waals surface area contributed by atoms with E-state index in [-0.39, 0.29) is 12.5 Å². The average Bonchev–Trinajstić information content (AvgIpc) is 3.18. The van der Waals surface area contributed by atoms with Gasteiger partial charge in [0, 0.05) is 5.69 Å². The quantitative estimate of drug-likeness (QED) is 0.447. The summed E-state index contributed by atoms with van der Waals surface area (Å²) < 4.78 is 1.68. The molecule has 0 radical (unpaired) electrons.